The lowest BCUT2D eigenvalue weighted by atomic mass is 9.92. The fourth-order valence-electron chi connectivity index (χ4n) is 2.66. The zero-order chi connectivity index (χ0) is 17.9. The summed E-state index contributed by atoms with van der Waals surface area (Å²) in [5.41, 5.74) is 2.09. The number of aromatic nitrogens is 4. The Balaban J connectivity index is 1.56. The zero-order valence-electron chi connectivity index (χ0n) is 15.0. The molecule has 0 saturated carbocycles. The van der Waals surface area contributed by atoms with E-state index in [1.54, 1.807) is 18.5 Å². The molecule has 0 unspecified atom stereocenters. The normalized spacial score (nSPS) is 18.1. The Labute approximate surface area is 147 Å². The first-order chi connectivity index (χ1) is 11.9. The molecule has 134 valence electrons. The predicted molar refractivity (Wildman–Crippen MR) is 93.0 cm³/mol. The molecule has 1 aliphatic rings. The first-order valence-electron chi connectivity index (χ1n) is 8.70. The van der Waals surface area contributed by atoms with Crippen LogP contribution in [-0.2, 0) is 16.7 Å². The first-order valence-corrected chi connectivity index (χ1v) is 8.70. The number of hydrogen-bond donors (Lipinski definition) is 2. The van der Waals surface area contributed by atoms with E-state index in [1.807, 2.05) is 0 Å². The van der Waals surface area contributed by atoms with E-state index in [4.69, 9.17) is 4.74 Å². The van der Waals surface area contributed by atoms with Crippen LogP contribution in [0.5, 0.6) is 0 Å². The maximum atomic E-state index is 12.2. The largest absolute Gasteiger partial charge is 0.370 e. The lowest BCUT2D eigenvalue weighted by Gasteiger charge is -2.21. The molecular formula is C18H25N5O2. The Kier molecular flexibility index (Phi) is 5.13. The van der Waals surface area contributed by atoms with Crippen molar-refractivity contribution in [1.82, 2.24) is 25.5 Å². The van der Waals surface area contributed by atoms with Gasteiger partial charge in [0.15, 0.2) is 5.82 Å². The molecule has 25 heavy (non-hydrogen) atoms. The standard InChI is InChI=1S/C18H25N5O2/c1-18(2,3)15-8-13(22-23-15)17(24)21-11-12-9-19-16(20-10-12)14-6-4-5-7-25-14/h8-10,14H,4-7,11H2,1-3H3,(H,21,24)(H,22,23)/t14-/m0/s1. The second kappa shape index (κ2) is 7.31. The molecule has 0 radical (unpaired) electrons. The van der Waals surface area contributed by atoms with Crippen LogP contribution in [0.25, 0.3) is 0 Å². The summed E-state index contributed by atoms with van der Waals surface area (Å²) < 4.78 is 5.68. The van der Waals surface area contributed by atoms with Crippen LogP contribution in [-0.4, -0.2) is 32.7 Å². The van der Waals surface area contributed by atoms with Crippen LogP contribution in [0.2, 0.25) is 0 Å². The number of carbonyl (C=O) groups is 1. The van der Waals surface area contributed by atoms with E-state index in [0.29, 0.717) is 12.2 Å². The zero-order valence-corrected chi connectivity index (χ0v) is 15.0. The summed E-state index contributed by atoms with van der Waals surface area (Å²) in [6.07, 6.45) is 6.69. The third-order valence-corrected chi connectivity index (χ3v) is 4.26. The third kappa shape index (κ3) is 4.42. The van der Waals surface area contributed by atoms with Crippen molar-refractivity contribution in [2.45, 2.75) is 58.1 Å². The van der Waals surface area contributed by atoms with Crippen molar-refractivity contribution in [2.75, 3.05) is 6.61 Å². The highest BCUT2D eigenvalue weighted by molar-refractivity contribution is 5.92. The summed E-state index contributed by atoms with van der Waals surface area (Å²) in [6.45, 7) is 7.33. The predicted octanol–water partition coefficient (Wildman–Crippen LogP) is 2.67. The van der Waals surface area contributed by atoms with Crippen molar-refractivity contribution in [1.29, 1.82) is 0 Å². The highest BCUT2D eigenvalue weighted by atomic mass is 16.5. The molecule has 1 saturated heterocycles. The number of H-pyrrole nitrogens is 1. The Bertz CT molecular complexity index is 712. The van der Waals surface area contributed by atoms with E-state index in [0.717, 1.165) is 43.0 Å². The molecule has 0 bridgehead atoms. The van der Waals surface area contributed by atoms with Crippen LogP contribution in [0.1, 0.15) is 73.7 Å². The van der Waals surface area contributed by atoms with E-state index in [1.165, 1.54) is 0 Å². The Morgan fingerprint density at radius 3 is 2.68 bits per heavy atom. The van der Waals surface area contributed by atoms with E-state index in [-0.39, 0.29) is 17.4 Å². The molecule has 3 rings (SSSR count). The summed E-state index contributed by atoms with van der Waals surface area (Å²) in [6, 6.07) is 1.79. The van der Waals surface area contributed by atoms with Gasteiger partial charge in [-0.15, -0.1) is 0 Å². The van der Waals surface area contributed by atoms with Crippen molar-refractivity contribution in [3.05, 3.63) is 41.2 Å². The summed E-state index contributed by atoms with van der Waals surface area (Å²) in [4.78, 5) is 21.0. The van der Waals surface area contributed by atoms with Crippen molar-refractivity contribution < 1.29 is 9.53 Å². The minimum atomic E-state index is -0.216. The van der Waals surface area contributed by atoms with Crippen LogP contribution < -0.4 is 5.32 Å². The SMILES string of the molecule is CC(C)(C)c1cc(C(=O)NCc2cnc([C@@H]3CCCCO3)nc2)n[nH]1. The van der Waals surface area contributed by atoms with Crippen LogP contribution in [0.4, 0.5) is 0 Å². The molecule has 0 aromatic carbocycles. The van der Waals surface area contributed by atoms with Gasteiger partial charge in [0.05, 0.1) is 0 Å². The van der Waals surface area contributed by atoms with Crippen molar-refractivity contribution in [2.24, 2.45) is 0 Å². The van der Waals surface area contributed by atoms with Gasteiger partial charge in [0, 0.05) is 42.2 Å². The van der Waals surface area contributed by atoms with Gasteiger partial charge >= 0.3 is 0 Å². The van der Waals surface area contributed by atoms with Gasteiger partial charge in [0.2, 0.25) is 0 Å². The molecule has 1 atom stereocenters. The monoisotopic (exact) mass is 343 g/mol. The minimum Gasteiger partial charge on any atom is -0.370 e. The minimum absolute atomic E-state index is 0.00253. The number of amides is 1. The second-order valence-electron chi connectivity index (χ2n) is 7.40. The molecular weight excluding hydrogens is 318 g/mol. The highest BCUT2D eigenvalue weighted by Crippen LogP contribution is 2.24. The van der Waals surface area contributed by atoms with Gasteiger partial charge in [0.1, 0.15) is 11.8 Å². The smallest absolute Gasteiger partial charge is 0.272 e. The summed E-state index contributed by atoms with van der Waals surface area (Å²) in [5.74, 6) is 0.503. The van der Waals surface area contributed by atoms with Crippen molar-refractivity contribution in [3.63, 3.8) is 0 Å². The Morgan fingerprint density at radius 2 is 2.08 bits per heavy atom. The number of carbonyl (C=O) groups excluding carboxylic acids is 1. The molecule has 3 heterocycles. The van der Waals surface area contributed by atoms with Gasteiger partial charge in [-0.3, -0.25) is 9.89 Å². The number of nitrogens with zero attached hydrogens (tertiary/aromatic N) is 3. The molecule has 0 spiro atoms. The van der Waals surface area contributed by atoms with Crippen molar-refractivity contribution in [3.8, 4) is 0 Å². The number of aromatic amines is 1. The van der Waals surface area contributed by atoms with Gasteiger partial charge in [-0.25, -0.2) is 9.97 Å². The molecule has 7 heteroatoms. The third-order valence-electron chi connectivity index (χ3n) is 4.26. The van der Waals surface area contributed by atoms with Crippen molar-refractivity contribution >= 4 is 5.91 Å². The highest BCUT2D eigenvalue weighted by Gasteiger charge is 2.20. The molecule has 2 aromatic heterocycles. The number of nitrogens with one attached hydrogen (secondary N) is 2. The molecule has 1 aliphatic heterocycles. The van der Waals surface area contributed by atoms with Gasteiger partial charge in [-0.1, -0.05) is 20.8 Å². The molecule has 2 aromatic rings. The summed E-state index contributed by atoms with van der Waals surface area (Å²) >= 11 is 0. The van der Waals surface area contributed by atoms with E-state index in [9.17, 15) is 4.79 Å². The number of rotatable bonds is 4. The van der Waals surface area contributed by atoms with Crippen LogP contribution in [0, 0.1) is 0 Å². The first kappa shape index (κ1) is 17.5. The van der Waals surface area contributed by atoms with Gasteiger partial charge in [0.25, 0.3) is 5.91 Å². The van der Waals surface area contributed by atoms with Gasteiger partial charge < -0.3 is 10.1 Å². The molecule has 7 nitrogen and oxygen atoms in total. The van der Waals surface area contributed by atoms with Gasteiger partial charge in [-0.2, -0.15) is 5.10 Å². The fraction of sp³-hybridized carbons (Fsp3) is 0.556. The van der Waals surface area contributed by atoms with E-state index >= 15 is 0 Å². The van der Waals surface area contributed by atoms with E-state index < -0.39 is 0 Å². The second-order valence-corrected chi connectivity index (χ2v) is 7.40. The maximum absolute atomic E-state index is 12.2. The molecule has 1 fully saturated rings. The van der Waals surface area contributed by atoms with Crippen LogP contribution in [0.15, 0.2) is 18.5 Å². The van der Waals surface area contributed by atoms with Crippen LogP contribution >= 0.6 is 0 Å². The number of ether oxygens (including phenoxy) is 1. The average Bonchev–Trinajstić information content (AvgIpc) is 3.11. The average molecular weight is 343 g/mol. The number of hydrogen-bond acceptors (Lipinski definition) is 5. The lowest BCUT2D eigenvalue weighted by Crippen LogP contribution is -2.23. The van der Waals surface area contributed by atoms with Gasteiger partial charge in [-0.05, 0) is 25.3 Å². The van der Waals surface area contributed by atoms with Crippen LogP contribution in [0.3, 0.4) is 0 Å². The van der Waals surface area contributed by atoms with E-state index in [2.05, 4.69) is 46.3 Å². The molecule has 2 N–H and O–H groups in total. The summed E-state index contributed by atoms with van der Waals surface area (Å²) in [5, 5.41) is 9.85. The Hall–Kier alpha value is -2.28. The topological polar surface area (TPSA) is 92.8 Å². The molecule has 0 aliphatic carbocycles. The maximum Gasteiger partial charge on any atom is 0.272 e. The molecule has 1 amide bonds. The fourth-order valence-corrected chi connectivity index (χ4v) is 2.66. The quantitative estimate of drug-likeness (QED) is 0.890. The summed E-state index contributed by atoms with van der Waals surface area (Å²) in [7, 11) is 0. The lowest BCUT2D eigenvalue weighted by molar-refractivity contribution is 0.00940. The Morgan fingerprint density at radius 1 is 1.32 bits per heavy atom.